The molecule has 1 aromatic carbocycles. The van der Waals surface area contributed by atoms with Crippen molar-refractivity contribution in [1.29, 1.82) is 0 Å². The van der Waals surface area contributed by atoms with Crippen LogP contribution in [0.3, 0.4) is 0 Å². The molecule has 0 aliphatic heterocycles. The van der Waals surface area contributed by atoms with Crippen molar-refractivity contribution in [2.75, 3.05) is 26.0 Å². The number of carbonyl (C=O) groups is 1. The highest BCUT2D eigenvalue weighted by Gasteiger charge is 2.03. The molecule has 3 N–H and O–H groups in total. The van der Waals surface area contributed by atoms with Crippen LogP contribution in [0.4, 0.5) is 5.69 Å². The summed E-state index contributed by atoms with van der Waals surface area (Å²) >= 11 is 0. The monoisotopic (exact) mass is 286 g/mol. The van der Waals surface area contributed by atoms with E-state index in [4.69, 9.17) is 10.5 Å². The molecule has 0 fully saturated rings. The molecule has 5 heteroatoms. The molecule has 0 aliphatic rings. The summed E-state index contributed by atoms with van der Waals surface area (Å²) < 4.78 is 4.94. The van der Waals surface area contributed by atoms with Crippen molar-refractivity contribution < 1.29 is 9.53 Å². The van der Waals surface area contributed by atoms with Crippen molar-refractivity contribution in [3.63, 3.8) is 0 Å². The number of hydrogen-bond donors (Lipinski definition) is 2. The fourth-order valence-electron chi connectivity index (χ4n) is 1.70. The van der Waals surface area contributed by atoms with E-state index in [0.717, 1.165) is 30.7 Å². The van der Waals surface area contributed by atoms with Crippen LogP contribution < -0.4 is 11.1 Å². The van der Waals surface area contributed by atoms with Gasteiger partial charge in [0.1, 0.15) is 0 Å². The van der Waals surface area contributed by atoms with Crippen LogP contribution in [0.5, 0.6) is 0 Å². The molecule has 0 bridgehead atoms. The number of nitrogens with one attached hydrogen (secondary N) is 1. The predicted octanol–water partition coefficient (Wildman–Crippen LogP) is 2.17. The van der Waals surface area contributed by atoms with Gasteiger partial charge in [-0.1, -0.05) is 18.2 Å². The molecule has 0 spiro atoms. The highest BCUT2D eigenvalue weighted by Crippen LogP contribution is 2.12. The highest BCUT2D eigenvalue weighted by atomic mass is 35.5. The lowest BCUT2D eigenvalue weighted by atomic mass is 10.1. The fourth-order valence-corrected chi connectivity index (χ4v) is 1.70. The number of unbranched alkanes of at least 4 members (excludes halogenated alkanes) is 1. The van der Waals surface area contributed by atoms with Crippen LogP contribution in [0.1, 0.15) is 24.8 Å². The number of nitrogens with two attached hydrogens (primary N) is 1. The van der Waals surface area contributed by atoms with E-state index in [1.807, 2.05) is 24.3 Å². The quantitative estimate of drug-likeness (QED) is 0.569. The zero-order chi connectivity index (χ0) is 13.2. The largest absolute Gasteiger partial charge is 0.399 e. The fraction of sp³-hybridized carbons (Fsp3) is 0.500. The Balaban J connectivity index is 0.00000324. The maximum atomic E-state index is 11.6. The predicted molar refractivity (Wildman–Crippen MR) is 80.5 cm³/mol. The third-order valence-electron chi connectivity index (χ3n) is 2.77. The Hall–Kier alpha value is -1.26. The van der Waals surface area contributed by atoms with Crippen LogP contribution in [-0.4, -0.2) is 26.2 Å². The van der Waals surface area contributed by atoms with Crippen LogP contribution in [0.25, 0.3) is 0 Å². The van der Waals surface area contributed by atoms with Gasteiger partial charge in [0.15, 0.2) is 0 Å². The Labute approximate surface area is 121 Å². The van der Waals surface area contributed by atoms with Gasteiger partial charge in [0.05, 0.1) is 0 Å². The molecule has 0 radical (unpaired) electrons. The van der Waals surface area contributed by atoms with E-state index in [1.54, 1.807) is 7.11 Å². The average molecular weight is 287 g/mol. The highest BCUT2D eigenvalue weighted by molar-refractivity contribution is 5.85. The minimum atomic E-state index is 0. The minimum absolute atomic E-state index is 0. The van der Waals surface area contributed by atoms with Gasteiger partial charge in [0.2, 0.25) is 5.91 Å². The average Bonchev–Trinajstić information content (AvgIpc) is 2.37. The zero-order valence-corrected chi connectivity index (χ0v) is 12.2. The number of anilines is 1. The summed E-state index contributed by atoms with van der Waals surface area (Å²) in [5.74, 6) is 0.0793. The lowest BCUT2D eigenvalue weighted by Gasteiger charge is -2.06. The Kier molecular flexibility index (Phi) is 9.94. The van der Waals surface area contributed by atoms with Crippen molar-refractivity contribution in [3.8, 4) is 0 Å². The number of nitrogen functional groups attached to an aromatic ring is 1. The summed E-state index contributed by atoms with van der Waals surface area (Å²) in [5, 5.41) is 2.90. The van der Waals surface area contributed by atoms with Crippen LogP contribution in [0, 0.1) is 0 Å². The summed E-state index contributed by atoms with van der Waals surface area (Å²) in [5.41, 5.74) is 7.61. The molecular weight excluding hydrogens is 264 g/mol. The number of halogens is 1. The molecular formula is C14H23ClN2O2. The SMILES string of the molecule is COCCCCNC(=O)CCc1ccccc1N.Cl. The number of benzene rings is 1. The van der Waals surface area contributed by atoms with E-state index in [0.29, 0.717) is 19.4 Å². The lowest BCUT2D eigenvalue weighted by molar-refractivity contribution is -0.121. The van der Waals surface area contributed by atoms with Crippen LogP contribution >= 0.6 is 12.4 Å². The second kappa shape index (κ2) is 10.6. The van der Waals surface area contributed by atoms with Crippen LogP contribution in [0.2, 0.25) is 0 Å². The molecule has 1 rings (SSSR count). The molecule has 1 amide bonds. The standard InChI is InChI=1S/C14H22N2O2.ClH/c1-18-11-5-4-10-16-14(17)9-8-12-6-2-3-7-13(12)15;/h2-3,6-7H,4-5,8-11,15H2,1H3,(H,16,17);1H. The topological polar surface area (TPSA) is 64.3 Å². The van der Waals surface area contributed by atoms with Gasteiger partial charge < -0.3 is 15.8 Å². The van der Waals surface area contributed by atoms with Crippen molar-refractivity contribution >= 4 is 24.0 Å². The second-order valence-corrected chi connectivity index (χ2v) is 4.25. The van der Waals surface area contributed by atoms with Gasteiger partial charge in [0.25, 0.3) is 0 Å². The molecule has 1 aromatic rings. The Morgan fingerprint density at radius 2 is 2.05 bits per heavy atom. The van der Waals surface area contributed by atoms with Crippen molar-refractivity contribution in [2.45, 2.75) is 25.7 Å². The Morgan fingerprint density at radius 3 is 2.74 bits per heavy atom. The molecule has 0 saturated carbocycles. The molecule has 0 atom stereocenters. The van der Waals surface area contributed by atoms with Crippen molar-refractivity contribution in [2.24, 2.45) is 0 Å². The van der Waals surface area contributed by atoms with E-state index in [-0.39, 0.29) is 18.3 Å². The summed E-state index contributed by atoms with van der Waals surface area (Å²) in [7, 11) is 1.68. The summed E-state index contributed by atoms with van der Waals surface area (Å²) in [4.78, 5) is 11.6. The van der Waals surface area contributed by atoms with Gasteiger partial charge in [-0.15, -0.1) is 12.4 Å². The van der Waals surface area contributed by atoms with Gasteiger partial charge in [-0.3, -0.25) is 4.79 Å². The van der Waals surface area contributed by atoms with Crippen LogP contribution in [-0.2, 0) is 16.0 Å². The van der Waals surface area contributed by atoms with Crippen molar-refractivity contribution in [1.82, 2.24) is 5.32 Å². The van der Waals surface area contributed by atoms with Gasteiger partial charge in [-0.05, 0) is 30.9 Å². The van der Waals surface area contributed by atoms with E-state index < -0.39 is 0 Å². The van der Waals surface area contributed by atoms with E-state index in [9.17, 15) is 4.79 Å². The molecule has 4 nitrogen and oxygen atoms in total. The van der Waals surface area contributed by atoms with Crippen LogP contribution in [0.15, 0.2) is 24.3 Å². The minimum Gasteiger partial charge on any atom is -0.399 e. The molecule has 0 unspecified atom stereocenters. The summed E-state index contributed by atoms with van der Waals surface area (Å²) in [6.45, 7) is 1.46. The number of ether oxygens (including phenoxy) is 1. The molecule has 108 valence electrons. The molecule has 19 heavy (non-hydrogen) atoms. The Bertz CT molecular complexity index is 372. The van der Waals surface area contributed by atoms with E-state index in [1.165, 1.54) is 0 Å². The number of para-hydroxylation sites is 1. The number of methoxy groups -OCH3 is 1. The molecule has 0 heterocycles. The number of aryl methyl sites for hydroxylation is 1. The number of amides is 1. The molecule has 0 saturated heterocycles. The first-order chi connectivity index (χ1) is 8.74. The summed E-state index contributed by atoms with van der Waals surface area (Å²) in [6, 6.07) is 7.65. The normalized spacial score (nSPS) is 9.74. The third kappa shape index (κ3) is 7.70. The summed E-state index contributed by atoms with van der Waals surface area (Å²) in [6.07, 6.45) is 3.10. The number of carbonyl (C=O) groups excluding carboxylic acids is 1. The smallest absolute Gasteiger partial charge is 0.220 e. The maximum Gasteiger partial charge on any atom is 0.220 e. The van der Waals surface area contributed by atoms with Gasteiger partial charge in [0, 0.05) is 32.4 Å². The van der Waals surface area contributed by atoms with Gasteiger partial charge in [-0.25, -0.2) is 0 Å². The third-order valence-corrected chi connectivity index (χ3v) is 2.77. The van der Waals surface area contributed by atoms with E-state index in [2.05, 4.69) is 5.32 Å². The zero-order valence-electron chi connectivity index (χ0n) is 11.4. The lowest BCUT2D eigenvalue weighted by Crippen LogP contribution is -2.24. The van der Waals surface area contributed by atoms with Gasteiger partial charge >= 0.3 is 0 Å². The Morgan fingerprint density at radius 1 is 1.32 bits per heavy atom. The molecule has 0 aromatic heterocycles. The second-order valence-electron chi connectivity index (χ2n) is 4.25. The first-order valence-corrected chi connectivity index (χ1v) is 6.33. The van der Waals surface area contributed by atoms with Crippen molar-refractivity contribution in [3.05, 3.63) is 29.8 Å². The van der Waals surface area contributed by atoms with Gasteiger partial charge in [-0.2, -0.15) is 0 Å². The number of hydrogen-bond acceptors (Lipinski definition) is 3. The number of rotatable bonds is 8. The maximum absolute atomic E-state index is 11.6. The molecule has 0 aliphatic carbocycles. The first kappa shape index (κ1) is 17.7. The first-order valence-electron chi connectivity index (χ1n) is 6.33. The van der Waals surface area contributed by atoms with E-state index >= 15 is 0 Å².